The van der Waals surface area contributed by atoms with E-state index < -0.39 is 0 Å². The summed E-state index contributed by atoms with van der Waals surface area (Å²) in [6, 6.07) is 1.43. The van der Waals surface area contributed by atoms with Crippen molar-refractivity contribution in [3.8, 4) is 0 Å². The van der Waals surface area contributed by atoms with Crippen molar-refractivity contribution in [2.45, 2.75) is 32.1 Å². The van der Waals surface area contributed by atoms with Gasteiger partial charge in [0.1, 0.15) is 5.82 Å². The van der Waals surface area contributed by atoms with Crippen molar-refractivity contribution in [2.24, 2.45) is 5.41 Å². The highest BCUT2D eigenvalue weighted by molar-refractivity contribution is 5.40. The fourth-order valence-electron chi connectivity index (χ4n) is 2.49. The lowest BCUT2D eigenvalue weighted by molar-refractivity contribution is 0.0944. The molecule has 2 rings (SSSR count). The van der Waals surface area contributed by atoms with Crippen LogP contribution in [0.2, 0.25) is 0 Å². The Kier molecular flexibility index (Phi) is 3.94. The van der Waals surface area contributed by atoms with Crippen molar-refractivity contribution in [2.75, 3.05) is 18.5 Å². The highest BCUT2D eigenvalue weighted by Gasteiger charge is 2.31. The van der Waals surface area contributed by atoms with Crippen molar-refractivity contribution in [3.63, 3.8) is 0 Å². The Labute approximate surface area is 101 Å². The second kappa shape index (κ2) is 5.45. The molecule has 0 amide bonds. The number of anilines is 1. The van der Waals surface area contributed by atoms with E-state index in [9.17, 15) is 9.50 Å². The van der Waals surface area contributed by atoms with Crippen LogP contribution in [0.25, 0.3) is 0 Å². The highest BCUT2D eigenvalue weighted by atomic mass is 19.1. The monoisotopic (exact) mass is 238 g/mol. The van der Waals surface area contributed by atoms with Crippen LogP contribution in [-0.2, 0) is 0 Å². The Morgan fingerprint density at radius 2 is 2.06 bits per heavy atom. The minimum atomic E-state index is -0.336. The molecule has 0 aliphatic heterocycles. The maximum atomic E-state index is 13.0. The molecule has 3 nitrogen and oxygen atoms in total. The number of aromatic nitrogens is 1. The number of nitrogens with zero attached hydrogens (tertiary/aromatic N) is 1. The van der Waals surface area contributed by atoms with E-state index in [1.807, 2.05) is 0 Å². The fraction of sp³-hybridized carbons (Fsp3) is 0.615. The van der Waals surface area contributed by atoms with Gasteiger partial charge in [-0.05, 0) is 12.8 Å². The molecule has 1 aliphatic rings. The number of aliphatic hydroxyl groups excluding tert-OH is 1. The van der Waals surface area contributed by atoms with Crippen LogP contribution >= 0.6 is 0 Å². The average molecular weight is 238 g/mol. The Hall–Kier alpha value is -1.16. The van der Waals surface area contributed by atoms with Crippen molar-refractivity contribution in [3.05, 3.63) is 24.3 Å². The first-order valence-corrected chi connectivity index (χ1v) is 6.19. The zero-order chi connectivity index (χ0) is 12.1. The third kappa shape index (κ3) is 3.16. The summed E-state index contributed by atoms with van der Waals surface area (Å²) in [5.74, 6) is -0.336. The van der Waals surface area contributed by atoms with Crippen molar-refractivity contribution in [1.29, 1.82) is 0 Å². The summed E-state index contributed by atoms with van der Waals surface area (Å²) in [5, 5.41) is 12.7. The normalized spacial score (nSPS) is 18.9. The van der Waals surface area contributed by atoms with Crippen molar-refractivity contribution >= 4 is 5.69 Å². The maximum absolute atomic E-state index is 13.0. The summed E-state index contributed by atoms with van der Waals surface area (Å²) in [6.07, 6.45) is 8.47. The SMILES string of the molecule is OCC1(CNc2cncc(F)c2)CCCCC1. The summed E-state index contributed by atoms with van der Waals surface area (Å²) < 4.78 is 13.0. The first-order valence-electron chi connectivity index (χ1n) is 6.19. The van der Waals surface area contributed by atoms with Gasteiger partial charge in [0.25, 0.3) is 0 Å². The van der Waals surface area contributed by atoms with Crippen LogP contribution in [-0.4, -0.2) is 23.2 Å². The molecule has 1 saturated carbocycles. The summed E-state index contributed by atoms with van der Waals surface area (Å²) in [5.41, 5.74) is 0.647. The van der Waals surface area contributed by atoms with E-state index >= 15 is 0 Å². The van der Waals surface area contributed by atoms with Gasteiger partial charge in [-0.2, -0.15) is 0 Å². The van der Waals surface area contributed by atoms with Gasteiger partial charge in [0.15, 0.2) is 0 Å². The molecule has 1 aromatic heterocycles. The second-order valence-electron chi connectivity index (χ2n) is 4.96. The molecule has 0 aromatic carbocycles. The van der Waals surface area contributed by atoms with Crippen LogP contribution in [0.1, 0.15) is 32.1 Å². The van der Waals surface area contributed by atoms with Crippen LogP contribution < -0.4 is 5.32 Å². The smallest absolute Gasteiger partial charge is 0.143 e. The molecule has 4 heteroatoms. The molecule has 17 heavy (non-hydrogen) atoms. The molecule has 0 radical (unpaired) electrons. The summed E-state index contributed by atoms with van der Waals surface area (Å²) in [7, 11) is 0. The molecule has 1 aromatic rings. The maximum Gasteiger partial charge on any atom is 0.143 e. The molecule has 1 aliphatic carbocycles. The molecule has 1 fully saturated rings. The Bertz CT molecular complexity index is 364. The van der Waals surface area contributed by atoms with Crippen LogP contribution in [0, 0.1) is 11.2 Å². The molecular formula is C13H19FN2O. The van der Waals surface area contributed by atoms with E-state index in [1.165, 1.54) is 31.5 Å². The van der Waals surface area contributed by atoms with E-state index in [4.69, 9.17) is 0 Å². The van der Waals surface area contributed by atoms with Gasteiger partial charge < -0.3 is 10.4 Å². The second-order valence-corrected chi connectivity index (χ2v) is 4.96. The molecule has 2 N–H and O–H groups in total. The van der Waals surface area contributed by atoms with Gasteiger partial charge in [0.2, 0.25) is 0 Å². The molecule has 0 unspecified atom stereocenters. The van der Waals surface area contributed by atoms with Crippen LogP contribution in [0.3, 0.4) is 0 Å². The lowest BCUT2D eigenvalue weighted by atomic mass is 9.74. The third-order valence-corrected chi connectivity index (χ3v) is 3.62. The number of hydrogen-bond donors (Lipinski definition) is 2. The van der Waals surface area contributed by atoms with E-state index in [-0.39, 0.29) is 17.8 Å². The minimum absolute atomic E-state index is 0.0371. The van der Waals surface area contributed by atoms with Crippen LogP contribution in [0.4, 0.5) is 10.1 Å². The fourth-order valence-corrected chi connectivity index (χ4v) is 2.49. The van der Waals surface area contributed by atoms with Gasteiger partial charge >= 0.3 is 0 Å². The lowest BCUT2D eigenvalue weighted by Crippen LogP contribution is -2.35. The standard InChI is InChI=1S/C13H19FN2O/c14-11-6-12(8-15-7-11)16-9-13(10-17)4-2-1-3-5-13/h6-8,16-17H,1-5,9-10H2. The molecule has 0 bridgehead atoms. The summed E-state index contributed by atoms with van der Waals surface area (Å²) >= 11 is 0. The van der Waals surface area contributed by atoms with E-state index in [0.29, 0.717) is 12.2 Å². The number of aliphatic hydroxyl groups is 1. The zero-order valence-electron chi connectivity index (χ0n) is 9.95. The number of nitrogens with one attached hydrogen (secondary N) is 1. The Balaban J connectivity index is 1.95. The topological polar surface area (TPSA) is 45.1 Å². The van der Waals surface area contributed by atoms with Gasteiger partial charge in [-0.15, -0.1) is 0 Å². The number of pyridine rings is 1. The van der Waals surface area contributed by atoms with Crippen LogP contribution in [0.5, 0.6) is 0 Å². The minimum Gasteiger partial charge on any atom is -0.396 e. The molecule has 0 saturated heterocycles. The Morgan fingerprint density at radius 3 is 2.71 bits per heavy atom. The number of rotatable bonds is 4. The Morgan fingerprint density at radius 1 is 1.29 bits per heavy atom. The third-order valence-electron chi connectivity index (χ3n) is 3.62. The van der Waals surface area contributed by atoms with Gasteiger partial charge in [-0.3, -0.25) is 4.98 Å². The van der Waals surface area contributed by atoms with E-state index in [2.05, 4.69) is 10.3 Å². The number of halogens is 1. The summed E-state index contributed by atoms with van der Waals surface area (Å²) in [4.78, 5) is 3.80. The van der Waals surface area contributed by atoms with Crippen molar-refractivity contribution < 1.29 is 9.50 Å². The van der Waals surface area contributed by atoms with Gasteiger partial charge in [0.05, 0.1) is 24.7 Å². The van der Waals surface area contributed by atoms with Crippen molar-refractivity contribution in [1.82, 2.24) is 4.98 Å². The predicted octanol–water partition coefficient (Wildman–Crippen LogP) is 2.58. The van der Waals surface area contributed by atoms with E-state index in [1.54, 1.807) is 6.20 Å². The van der Waals surface area contributed by atoms with Gasteiger partial charge in [0, 0.05) is 18.0 Å². The largest absolute Gasteiger partial charge is 0.396 e. The predicted molar refractivity (Wildman–Crippen MR) is 65.3 cm³/mol. The lowest BCUT2D eigenvalue weighted by Gasteiger charge is -2.35. The van der Waals surface area contributed by atoms with Gasteiger partial charge in [-0.1, -0.05) is 19.3 Å². The average Bonchev–Trinajstić information content (AvgIpc) is 2.38. The number of hydrogen-bond acceptors (Lipinski definition) is 3. The molecule has 0 atom stereocenters. The van der Waals surface area contributed by atoms with Gasteiger partial charge in [-0.25, -0.2) is 4.39 Å². The van der Waals surface area contributed by atoms with E-state index in [0.717, 1.165) is 12.8 Å². The highest BCUT2D eigenvalue weighted by Crippen LogP contribution is 2.35. The quantitative estimate of drug-likeness (QED) is 0.847. The molecule has 1 heterocycles. The molecule has 0 spiro atoms. The van der Waals surface area contributed by atoms with Crippen LogP contribution in [0.15, 0.2) is 18.5 Å². The molecule has 94 valence electrons. The zero-order valence-corrected chi connectivity index (χ0v) is 9.95. The first-order chi connectivity index (χ1) is 8.24. The molecular weight excluding hydrogens is 219 g/mol. The first kappa shape index (κ1) is 12.3. The summed E-state index contributed by atoms with van der Waals surface area (Å²) in [6.45, 7) is 0.886.